The molecule has 0 saturated carbocycles. The summed E-state index contributed by atoms with van der Waals surface area (Å²) in [6.45, 7) is 1.18. The van der Waals surface area contributed by atoms with E-state index in [-0.39, 0.29) is 5.92 Å². The van der Waals surface area contributed by atoms with Gasteiger partial charge in [0.15, 0.2) is 0 Å². The van der Waals surface area contributed by atoms with Gasteiger partial charge in [0, 0.05) is 11.5 Å². The monoisotopic (exact) mass is 288 g/mol. The molecule has 1 atom stereocenters. The number of aldehydes is 1. The largest absolute Gasteiger partial charge is 0.376 e. The van der Waals surface area contributed by atoms with Gasteiger partial charge in [-0.1, -0.05) is 54.6 Å². The summed E-state index contributed by atoms with van der Waals surface area (Å²) in [6.07, 6.45) is 2.99. The maximum absolute atomic E-state index is 11.6. The van der Waals surface area contributed by atoms with Crippen LogP contribution in [0.15, 0.2) is 65.7 Å². The lowest BCUT2D eigenvalue weighted by atomic mass is 9.87. The molecule has 2 heteroatoms. The first-order valence-corrected chi connectivity index (χ1v) is 7.51. The Kier molecular flexibility index (Phi) is 3.24. The highest BCUT2D eigenvalue weighted by Gasteiger charge is 2.31. The number of ether oxygens (including phenoxy) is 1. The molecule has 0 aromatic heterocycles. The van der Waals surface area contributed by atoms with Crippen molar-refractivity contribution in [1.82, 2.24) is 0 Å². The first-order chi connectivity index (χ1) is 10.9. The normalized spacial score (nSPS) is 20.0. The van der Waals surface area contributed by atoms with E-state index in [9.17, 15) is 4.79 Å². The number of carbonyl (C=O) groups excluding carboxylic acids is 1. The lowest BCUT2D eigenvalue weighted by Gasteiger charge is -2.15. The molecule has 1 aliphatic heterocycles. The molecule has 4 rings (SSSR count). The molecule has 2 aliphatic rings. The molecule has 2 aromatic rings. The predicted octanol–water partition coefficient (Wildman–Crippen LogP) is 3.73. The Balaban J connectivity index is 2.04. The molecular formula is C20H16O2. The van der Waals surface area contributed by atoms with Crippen molar-refractivity contribution < 1.29 is 9.53 Å². The number of fused-ring (bicyclic) bond motifs is 2. The van der Waals surface area contributed by atoms with Crippen LogP contribution in [0.3, 0.4) is 0 Å². The molecule has 1 aliphatic carbocycles. The van der Waals surface area contributed by atoms with Crippen molar-refractivity contribution in [2.24, 2.45) is 5.92 Å². The lowest BCUT2D eigenvalue weighted by Crippen LogP contribution is -2.08. The van der Waals surface area contributed by atoms with Gasteiger partial charge in [0.2, 0.25) is 0 Å². The summed E-state index contributed by atoms with van der Waals surface area (Å²) in [5.41, 5.74) is 6.70. The minimum absolute atomic E-state index is 0.0695. The number of hydrogen-bond donors (Lipinski definition) is 0. The fraction of sp³-hybridized carbons (Fsp3) is 0.150. The Bertz CT molecular complexity index is 784. The van der Waals surface area contributed by atoms with Gasteiger partial charge in [-0.25, -0.2) is 0 Å². The summed E-state index contributed by atoms with van der Waals surface area (Å²) in [5.74, 6) is 0.0695. The van der Waals surface area contributed by atoms with E-state index in [1.54, 1.807) is 0 Å². The predicted molar refractivity (Wildman–Crippen MR) is 87.3 cm³/mol. The van der Waals surface area contributed by atoms with Crippen LogP contribution in [0.25, 0.3) is 11.6 Å². The molecule has 0 amide bonds. The molecule has 0 N–H and O–H groups in total. The van der Waals surface area contributed by atoms with Crippen LogP contribution in [0, 0.1) is 5.92 Å². The van der Waals surface area contributed by atoms with Gasteiger partial charge in [-0.15, -0.1) is 0 Å². The van der Waals surface area contributed by atoms with Crippen molar-refractivity contribution in [2.45, 2.75) is 0 Å². The molecule has 1 unspecified atom stereocenters. The minimum atomic E-state index is 0.0695. The van der Waals surface area contributed by atoms with Crippen LogP contribution in [0.4, 0.5) is 0 Å². The lowest BCUT2D eigenvalue weighted by molar-refractivity contribution is -0.105. The molecule has 108 valence electrons. The second kappa shape index (κ2) is 5.39. The quantitative estimate of drug-likeness (QED) is 0.787. The van der Waals surface area contributed by atoms with Gasteiger partial charge in [-0.2, -0.15) is 0 Å². The summed E-state index contributed by atoms with van der Waals surface area (Å²) in [5, 5.41) is 0. The van der Waals surface area contributed by atoms with Gasteiger partial charge >= 0.3 is 0 Å². The van der Waals surface area contributed by atoms with Gasteiger partial charge in [-0.05, 0) is 33.9 Å². The van der Waals surface area contributed by atoms with Crippen molar-refractivity contribution >= 4 is 17.9 Å². The van der Waals surface area contributed by atoms with Gasteiger partial charge < -0.3 is 4.74 Å². The van der Waals surface area contributed by atoms with Gasteiger partial charge in [0.05, 0.1) is 13.2 Å². The highest BCUT2D eigenvalue weighted by molar-refractivity contribution is 5.94. The van der Waals surface area contributed by atoms with E-state index >= 15 is 0 Å². The summed E-state index contributed by atoms with van der Waals surface area (Å²) in [6, 6.07) is 18.6. The third kappa shape index (κ3) is 2.04. The highest BCUT2D eigenvalue weighted by Crippen LogP contribution is 2.41. The van der Waals surface area contributed by atoms with E-state index in [0.717, 1.165) is 17.4 Å². The zero-order valence-electron chi connectivity index (χ0n) is 12.2. The Morgan fingerprint density at radius 1 is 1.00 bits per heavy atom. The standard InChI is InChI=1S/C20H16O2/c21-11-16-10-15-8-4-5-9-17(15)20(14-6-2-1-3-7-14)19-13-22-12-18(16)19/h1-11,18H,12-13H2. The number of rotatable bonds is 2. The van der Waals surface area contributed by atoms with Crippen LogP contribution in [0.2, 0.25) is 0 Å². The van der Waals surface area contributed by atoms with E-state index in [4.69, 9.17) is 4.74 Å². The molecular weight excluding hydrogens is 272 g/mol. The number of carbonyl (C=O) groups is 1. The van der Waals surface area contributed by atoms with Gasteiger partial charge in [-0.3, -0.25) is 4.79 Å². The van der Waals surface area contributed by atoms with E-state index in [1.807, 2.05) is 24.3 Å². The molecule has 0 bridgehead atoms. The van der Waals surface area contributed by atoms with E-state index in [0.29, 0.717) is 13.2 Å². The molecule has 2 nitrogen and oxygen atoms in total. The Morgan fingerprint density at radius 2 is 1.77 bits per heavy atom. The number of benzene rings is 2. The Morgan fingerprint density at radius 3 is 2.59 bits per heavy atom. The molecule has 1 fully saturated rings. The van der Waals surface area contributed by atoms with Crippen molar-refractivity contribution in [3.8, 4) is 0 Å². The zero-order valence-corrected chi connectivity index (χ0v) is 12.2. The summed E-state index contributed by atoms with van der Waals surface area (Å²) in [7, 11) is 0. The smallest absolute Gasteiger partial charge is 0.146 e. The fourth-order valence-corrected chi connectivity index (χ4v) is 3.40. The molecule has 2 aromatic carbocycles. The topological polar surface area (TPSA) is 26.3 Å². The van der Waals surface area contributed by atoms with E-state index < -0.39 is 0 Å². The summed E-state index contributed by atoms with van der Waals surface area (Å²) < 4.78 is 5.69. The van der Waals surface area contributed by atoms with Gasteiger partial charge in [0.25, 0.3) is 0 Å². The Labute approximate surface area is 129 Å². The van der Waals surface area contributed by atoms with Gasteiger partial charge in [0.1, 0.15) is 6.29 Å². The average Bonchev–Trinajstić information content (AvgIpc) is 2.99. The highest BCUT2D eigenvalue weighted by atomic mass is 16.5. The summed E-state index contributed by atoms with van der Waals surface area (Å²) in [4.78, 5) is 11.6. The molecule has 0 spiro atoms. The zero-order chi connectivity index (χ0) is 14.9. The van der Waals surface area contributed by atoms with Crippen LogP contribution in [-0.4, -0.2) is 19.5 Å². The van der Waals surface area contributed by atoms with E-state index in [2.05, 4.69) is 36.4 Å². The van der Waals surface area contributed by atoms with Crippen molar-refractivity contribution in [1.29, 1.82) is 0 Å². The molecule has 22 heavy (non-hydrogen) atoms. The molecule has 1 heterocycles. The van der Waals surface area contributed by atoms with Crippen LogP contribution in [0.1, 0.15) is 16.7 Å². The third-order valence-electron chi connectivity index (χ3n) is 4.44. The van der Waals surface area contributed by atoms with Crippen molar-refractivity contribution in [3.05, 3.63) is 82.4 Å². The first kappa shape index (κ1) is 13.2. The van der Waals surface area contributed by atoms with Crippen molar-refractivity contribution in [2.75, 3.05) is 13.2 Å². The van der Waals surface area contributed by atoms with Crippen LogP contribution < -0.4 is 0 Å². The average molecular weight is 288 g/mol. The van der Waals surface area contributed by atoms with Crippen LogP contribution >= 0.6 is 0 Å². The fourth-order valence-electron chi connectivity index (χ4n) is 3.40. The molecule has 1 saturated heterocycles. The third-order valence-corrected chi connectivity index (χ3v) is 4.44. The minimum Gasteiger partial charge on any atom is -0.376 e. The molecule has 0 radical (unpaired) electrons. The van der Waals surface area contributed by atoms with E-state index in [1.165, 1.54) is 22.3 Å². The number of hydrogen-bond acceptors (Lipinski definition) is 2. The summed E-state index contributed by atoms with van der Waals surface area (Å²) >= 11 is 0. The second-order valence-electron chi connectivity index (χ2n) is 5.68. The van der Waals surface area contributed by atoms with Crippen molar-refractivity contribution in [3.63, 3.8) is 0 Å². The maximum Gasteiger partial charge on any atom is 0.146 e. The SMILES string of the molecule is O=CC1=Cc2ccccc2C(c2ccccc2)=C2COCC12. The Hall–Kier alpha value is -2.45. The van der Waals surface area contributed by atoms with Crippen LogP contribution in [-0.2, 0) is 9.53 Å². The van der Waals surface area contributed by atoms with Crippen LogP contribution in [0.5, 0.6) is 0 Å². The maximum atomic E-state index is 11.6. The second-order valence-corrected chi connectivity index (χ2v) is 5.68. The first-order valence-electron chi connectivity index (χ1n) is 7.51.